The molecule has 0 aliphatic carbocycles. The molecule has 0 aromatic carbocycles. The van der Waals surface area contributed by atoms with E-state index in [9.17, 15) is 0 Å². The number of hydrogen-bond donors (Lipinski definition) is 1. The minimum Gasteiger partial charge on any atom is -0.487 e. The molecule has 0 unspecified atom stereocenters. The van der Waals surface area contributed by atoms with Crippen LogP contribution in [0.15, 0.2) is 0 Å². The van der Waals surface area contributed by atoms with Gasteiger partial charge in [0.1, 0.15) is 0 Å². The molecule has 0 aliphatic heterocycles. The lowest BCUT2D eigenvalue weighted by Gasteiger charge is -2.07. The maximum absolute atomic E-state index is 5.53. The van der Waals surface area contributed by atoms with Crippen LogP contribution in [-0.2, 0) is 4.74 Å². The standard InChI is InChI=1S/C20H41NOS/c1-2-3-4-5-6-7-8-9-10-11-12-13-14-17-20(23)22-19-16-15-18-21/h2-19,21H2,1H3. The molecule has 2 N–H and O–H groups in total. The molecule has 23 heavy (non-hydrogen) atoms. The maximum atomic E-state index is 5.53. The van der Waals surface area contributed by atoms with Crippen LogP contribution >= 0.6 is 12.2 Å². The lowest BCUT2D eigenvalue weighted by atomic mass is 10.0. The Morgan fingerprint density at radius 3 is 1.65 bits per heavy atom. The molecule has 0 saturated carbocycles. The Kier molecular flexibility index (Phi) is 19.8. The second-order valence-corrected chi connectivity index (χ2v) is 7.16. The fourth-order valence-corrected chi connectivity index (χ4v) is 3.02. The molecule has 0 aliphatic rings. The highest BCUT2D eigenvalue weighted by Gasteiger charge is 1.98. The molecular formula is C20H41NOS. The van der Waals surface area contributed by atoms with Crippen molar-refractivity contribution in [3.8, 4) is 0 Å². The van der Waals surface area contributed by atoms with Crippen molar-refractivity contribution in [3.05, 3.63) is 0 Å². The molecule has 0 atom stereocenters. The predicted octanol–water partition coefficient (Wildman–Crippen LogP) is 6.55. The van der Waals surface area contributed by atoms with Crippen molar-refractivity contribution < 1.29 is 4.74 Å². The summed E-state index contributed by atoms with van der Waals surface area (Å²) in [6, 6.07) is 0. The van der Waals surface area contributed by atoms with E-state index in [1.165, 1.54) is 83.5 Å². The molecule has 0 aromatic rings. The summed E-state index contributed by atoms with van der Waals surface area (Å²) in [5, 5.41) is 0.796. The number of ether oxygens (including phenoxy) is 1. The van der Waals surface area contributed by atoms with E-state index in [4.69, 9.17) is 22.7 Å². The van der Waals surface area contributed by atoms with Gasteiger partial charge in [-0.1, -0.05) is 84.0 Å². The summed E-state index contributed by atoms with van der Waals surface area (Å²) < 4.78 is 5.53. The molecule has 0 fully saturated rings. The molecule has 138 valence electrons. The Labute approximate surface area is 150 Å². The normalized spacial score (nSPS) is 10.9. The van der Waals surface area contributed by atoms with Crippen molar-refractivity contribution in [2.75, 3.05) is 13.2 Å². The molecule has 0 saturated heterocycles. The van der Waals surface area contributed by atoms with Crippen LogP contribution in [0.2, 0.25) is 0 Å². The predicted molar refractivity (Wildman–Crippen MR) is 107 cm³/mol. The molecule has 0 bridgehead atoms. The summed E-state index contributed by atoms with van der Waals surface area (Å²) >= 11 is 5.24. The van der Waals surface area contributed by atoms with Crippen LogP contribution < -0.4 is 5.73 Å². The van der Waals surface area contributed by atoms with E-state index in [1.54, 1.807) is 0 Å². The van der Waals surface area contributed by atoms with Crippen LogP contribution in [0, 0.1) is 0 Å². The first-order chi connectivity index (χ1) is 11.3. The lowest BCUT2D eigenvalue weighted by Crippen LogP contribution is -2.06. The van der Waals surface area contributed by atoms with Crippen LogP contribution in [0.25, 0.3) is 0 Å². The fraction of sp³-hybridized carbons (Fsp3) is 0.950. The van der Waals surface area contributed by atoms with Crippen LogP contribution in [0.1, 0.15) is 110 Å². The number of unbranched alkanes of at least 4 members (excludes halogenated alkanes) is 13. The van der Waals surface area contributed by atoms with E-state index < -0.39 is 0 Å². The topological polar surface area (TPSA) is 35.2 Å². The van der Waals surface area contributed by atoms with Gasteiger partial charge in [-0.3, -0.25) is 0 Å². The van der Waals surface area contributed by atoms with Gasteiger partial charge in [0.05, 0.1) is 6.61 Å². The van der Waals surface area contributed by atoms with Crippen LogP contribution in [-0.4, -0.2) is 18.2 Å². The SMILES string of the molecule is CCCCCCCCCCCCCCCC(=S)OCCCCN. The van der Waals surface area contributed by atoms with Crippen molar-refractivity contribution >= 4 is 17.3 Å². The summed E-state index contributed by atoms with van der Waals surface area (Å²) in [7, 11) is 0. The van der Waals surface area contributed by atoms with Gasteiger partial charge in [0.25, 0.3) is 0 Å². The summed E-state index contributed by atoms with van der Waals surface area (Å²) in [5.74, 6) is 0. The van der Waals surface area contributed by atoms with Crippen molar-refractivity contribution in [2.45, 2.75) is 110 Å². The summed E-state index contributed by atoms with van der Waals surface area (Å²) in [6.45, 7) is 3.77. The molecule has 0 spiro atoms. The Morgan fingerprint density at radius 1 is 0.696 bits per heavy atom. The first-order valence-electron chi connectivity index (χ1n) is 10.2. The van der Waals surface area contributed by atoms with E-state index in [0.29, 0.717) is 0 Å². The minimum atomic E-state index is 0.745. The van der Waals surface area contributed by atoms with Crippen molar-refractivity contribution in [3.63, 3.8) is 0 Å². The molecule has 0 rings (SSSR count). The average molecular weight is 344 g/mol. The third-order valence-electron chi connectivity index (χ3n) is 4.35. The quantitative estimate of drug-likeness (QED) is 0.226. The first-order valence-corrected chi connectivity index (χ1v) is 10.6. The highest BCUT2D eigenvalue weighted by Crippen LogP contribution is 2.13. The maximum Gasteiger partial charge on any atom is 0.159 e. The first kappa shape index (κ1) is 22.9. The molecular weight excluding hydrogens is 302 g/mol. The van der Waals surface area contributed by atoms with Gasteiger partial charge in [-0.05, 0) is 38.0 Å². The van der Waals surface area contributed by atoms with E-state index in [-0.39, 0.29) is 0 Å². The molecule has 0 radical (unpaired) electrons. The Balaban J connectivity index is 3.08. The zero-order valence-electron chi connectivity index (χ0n) is 15.6. The Morgan fingerprint density at radius 2 is 1.17 bits per heavy atom. The molecule has 0 heterocycles. The second-order valence-electron chi connectivity index (χ2n) is 6.71. The molecule has 0 aromatic heterocycles. The van der Waals surface area contributed by atoms with Crippen molar-refractivity contribution in [1.29, 1.82) is 0 Å². The third kappa shape index (κ3) is 19.8. The van der Waals surface area contributed by atoms with Gasteiger partial charge in [0.15, 0.2) is 5.05 Å². The molecule has 2 nitrogen and oxygen atoms in total. The van der Waals surface area contributed by atoms with Gasteiger partial charge in [-0.25, -0.2) is 0 Å². The van der Waals surface area contributed by atoms with E-state index >= 15 is 0 Å². The van der Waals surface area contributed by atoms with Gasteiger partial charge < -0.3 is 10.5 Å². The van der Waals surface area contributed by atoms with Crippen LogP contribution in [0.4, 0.5) is 0 Å². The fourth-order valence-electron chi connectivity index (χ4n) is 2.79. The largest absolute Gasteiger partial charge is 0.487 e. The molecule has 3 heteroatoms. The van der Waals surface area contributed by atoms with Gasteiger partial charge in [0, 0.05) is 6.42 Å². The summed E-state index contributed by atoms with van der Waals surface area (Å²) in [6.07, 6.45) is 21.1. The Hall–Kier alpha value is -0.150. The zero-order valence-corrected chi connectivity index (χ0v) is 16.4. The van der Waals surface area contributed by atoms with Gasteiger partial charge in [-0.2, -0.15) is 0 Å². The zero-order chi connectivity index (χ0) is 17.0. The van der Waals surface area contributed by atoms with Crippen molar-refractivity contribution in [1.82, 2.24) is 0 Å². The lowest BCUT2D eigenvalue weighted by molar-refractivity contribution is 0.294. The van der Waals surface area contributed by atoms with Crippen molar-refractivity contribution in [2.24, 2.45) is 5.73 Å². The minimum absolute atomic E-state index is 0.745. The van der Waals surface area contributed by atoms with Crippen LogP contribution in [0.5, 0.6) is 0 Å². The third-order valence-corrected chi connectivity index (χ3v) is 4.67. The van der Waals surface area contributed by atoms with Gasteiger partial charge in [0.2, 0.25) is 0 Å². The molecule has 0 amide bonds. The number of hydrogen-bond acceptors (Lipinski definition) is 3. The van der Waals surface area contributed by atoms with Crippen LogP contribution in [0.3, 0.4) is 0 Å². The summed E-state index contributed by atoms with van der Waals surface area (Å²) in [5.41, 5.74) is 5.45. The number of thiocarbonyl (C=S) groups is 1. The monoisotopic (exact) mass is 343 g/mol. The van der Waals surface area contributed by atoms with Gasteiger partial charge in [-0.15, -0.1) is 0 Å². The number of nitrogens with two attached hydrogens (primary N) is 1. The van der Waals surface area contributed by atoms with E-state index in [1.807, 2.05) is 0 Å². The highest BCUT2D eigenvalue weighted by molar-refractivity contribution is 7.80. The Bertz CT molecular complexity index is 246. The van der Waals surface area contributed by atoms with E-state index in [0.717, 1.165) is 37.5 Å². The smallest absolute Gasteiger partial charge is 0.159 e. The number of rotatable bonds is 18. The van der Waals surface area contributed by atoms with E-state index in [2.05, 4.69) is 6.92 Å². The van der Waals surface area contributed by atoms with Gasteiger partial charge >= 0.3 is 0 Å². The average Bonchev–Trinajstić information content (AvgIpc) is 2.56. The second kappa shape index (κ2) is 19.9. The summed E-state index contributed by atoms with van der Waals surface area (Å²) in [4.78, 5) is 0. The highest BCUT2D eigenvalue weighted by atomic mass is 32.1.